The second kappa shape index (κ2) is 12.6. The number of hydrogen-bond donors (Lipinski definition) is 0. The Labute approximate surface area is 350 Å². The van der Waals surface area contributed by atoms with E-state index in [4.69, 9.17) is 0 Å². The van der Waals surface area contributed by atoms with Gasteiger partial charge in [-0.15, -0.1) is 22.7 Å². The van der Waals surface area contributed by atoms with Crippen molar-refractivity contribution in [3.8, 4) is 0 Å². The Balaban J connectivity index is 0.934. The summed E-state index contributed by atoms with van der Waals surface area (Å²) in [5.74, 6) is -6.75. The normalized spacial score (nSPS) is 23.7. The lowest BCUT2D eigenvalue weighted by Gasteiger charge is -2.40. The molecule has 10 heteroatoms. The predicted molar refractivity (Wildman–Crippen MR) is 223 cm³/mol. The topological polar surface area (TPSA) is 68.3 Å². The van der Waals surface area contributed by atoms with Crippen LogP contribution < -0.4 is 0 Å². The summed E-state index contributed by atoms with van der Waals surface area (Å²) in [7, 11) is 0. The molecule has 298 valence electrons. The Morgan fingerprint density at radius 3 is 1.13 bits per heavy atom. The molecule has 2 aromatic heterocycles. The first-order valence-corrected chi connectivity index (χ1v) is 22.4. The van der Waals surface area contributed by atoms with E-state index < -0.39 is 46.4 Å². The molecule has 0 radical (unpaired) electrons. The summed E-state index contributed by atoms with van der Waals surface area (Å²) in [6, 6.07) is 7.55. The minimum absolute atomic E-state index is 0.0705. The van der Waals surface area contributed by atoms with Crippen LogP contribution >= 0.6 is 22.7 Å². The molecule has 8 aliphatic rings. The maximum Gasteiger partial charge on any atom is 0.197 e. The summed E-state index contributed by atoms with van der Waals surface area (Å²) in [5.41, 5.74) is 6.64. The zero-order chi connectivity index (χ0) is 41.0. The van der Waals surface area contributed by atoms with E-state index in [0.717, 1.165) is 108 Å². The highest BCUT2D eigenvalue weighted by molar-refractivity contribution is 7.15. The molecular weight excluding hydrogens is 805 g/mol. The highest BCUT2D eigenvalue weighted by Crippen LogP contribution is 2.65. The van der Waals surface area contributed by atoms with Gasteiger partial charge >= 0.3 is 0 Å². The van der Waals surface area contributed by atoms with E-state index in [9.17, 15) is 36.7 Å². The summed E-state index contributed by atoms with van der Waals surface area (Å²) >= 11 is 3.14. The van der Waals surface area contributed by atoms with Crippen LogP contribution in [0.25, 0.3) is 23.3 Å². The van der Waals surface area contributed by atoms with E-state index in [0.29, 0.717) is 0 Å². The summed E-state index contributed by atoms with van der Waals surface area (Å²) in [5, 5.41) is 0. The van der Waals surface area contributed by atoms with Gasteiger partial charge in [-0.1, -0.05) is 62.8 Å². The van der Waals surface area contributed by atoms with Crippen molar-refractivity contribution < 1.29 is 36.7 Å². The van der Waals surface area contributed by atoms with Gasteiger partial charge in [-0.3, -0.25) is 19.2 Å². The molecule has 2 fully saturated rings. The number of hydrogen-bond acceptors (Lipinski definition) is 6. The van der Waals surface area contributed by atoms with Gasteiger partial charge in [0.2, 0.25) is 0 Å². The number of fused-ring (bicyclic) bond motifs is 13. The number of carbonyl (C=O) groups excluding carboxylic acids is 4. The molecule has 2 atom stereocenters. The van der Waals surface area contributed by atoms with Gasteiger partial charge in [0.25, 0.3) is 0 Å². The molecule has 0 saturated heterocycles. The van der Waals surface area contributed by atoms with Crippen molar-refractivity contribution >= 4 is 69.1 Å². The SMILES string of the molecule is O=C1C(=Cc2cc3c(s2)C2=CC4C=C5C(=CC4C=C2C32CCCCC2)c2sc(C=C3C(=O)c4cc(F)c(F)cc4C3=O)cc2C52CCCCC2)C(=O)c2cc(F)c(F)cc21. The van der Waals surface area contributed by atoms with Gasteiger partial charge in [-0.2, -0.15) is 0 Å². The van der Waals surface area contributed by atoms with E-state index in [2.05, 4.69) is 36.4 Å². The second-order valence-corrected chi connectivity index (χ2v) is 19.8. The third-order valence-corrected chi connectivity index (χ3v) is 16.8. The standard InChI is InChI=1S/C50H34F4O4S2/c51-39-19-27-28(20-40(39)52)44(56)33(43(27)55)15-25-17-37-47(59-25)31-11-24-14-36-32(12-23(24)13-35(31)49(37)7-3-1-4-8-49)48-38(50(36)9-5-2-6-10-50)18-26(60-48)16-34-45(57)29-21-41(53)42(54)22-30(29)46(34)58/h11-24H,1-10H2. The van der Waals surface area contributed by atoms with Gasteiger partial charge < -0.3 is 0 Å². The first kappa shape index (κ1) is 36.5. The van der Waals surface area contributed by atoms with Crippen molar-refractivity contribution in [1.29, 1.82) is 0 Å². The smallest absolute Gasteiger partial charge is 0.197 e. The largest absolute Gasteiger partial charge is 0.288 e. The number of allylic oxidation sites excluding steroid dienone is 10. The van der Waals surface area contributed by atoms with Crippen LogP contribution in [-0.2, 0) is 10.8 Å². The fourth-order valence-corrected chi connectivity index (χ4v) is 14.3. The highest BCUT2D eigenvalue weighted by Gasteiger charge is 2.52. The van der Waals surface area contributed by atoms with E-state index in [-0.39, 0.29) is 56.1 Å². The Hall–Kier alpha value is -5.32. The van der Waals surface area contributed by atoms with Gasteiger partial charge in [0.1, 0.15) is 0 Å². The number of benzene rings is 2. The van der Waals surface area contributed by atoms with Crippen molar-refractivity contribution in [3.05, 3.63) is 159 Å². The van der Waals surface area contributed by atoms with Crippen LogP contribution in [0, 0.1) is 35.1 Å². The zero-order valence-corrected chi connectivity index (χ0v) is 33.7. The van der Waals surface area contributed by atoms with Crippen molar-refractivity contribution in [2.75, 3.05) is 0 Å². The quantitative estimate of drug-likeness (QED) is 0.115. The average Bonchev–Trinajstić information content (AvgIpc) is 4.06. The molecular formula is C50H34F4O4S2. The summed E-state index contributed by atoms with van der Waals surface area (Å²) < 4.78 is 56.4. The van der Waals surface area contributed by atoms with Gasteiger partial charge in [-0.25, -0.2) is 17.6 Å². The molecule has 2 spiro atoms. The maximum absolute atomic E-state index is 14.1. The third-order valence-electron chi connectivity index (χ3n) is 14.6. The van der Waals surface area contributed by atoms with E-state index in [1.54, 1.807) is 34.8 Å². The fraction of sp³-hybridized carbons (Fsp3) is 0.280. The molecule has 8 aliphatic carbocycles. The Kier molecular flexibility index (Phi) is 7.68. The van der Waals surface area contributed by atoms with Crippen LogP contribution in [0.5, 0.6) is 0 Å². The van der Waals surface area contributed by atoms with E-state index >= 15 is 0 Å². The number of halogens is 4. The molecule has 12 rings (SSSR count). The van der Waals surface area contributed by atoms with Crippen molar-refractivity contribution in [2.24, 2.45) is 11.8 Å². The van der Waals surface area contributed by atoms with Crippen LogP contribution in [0.4, 0.5) is 17.6 Å². The molecule has 2 aromatic carbocycles. The Bertz CT molecular complexity index is 2680. The molecule has 60 heavy (non-hydrogen) atoms. The predicted octanol–water partition coefficient (Wildman–Crippen LogP) is 12.3. The second-order valence-electron chi connectivity index (χ2n) is 17.6. The first-order valence-electron chi connectivity index (χ1n) is 20.7. The lowest BCUT2D eigenvalue weighted by atomic mass is 9.63. The minimum atomic E-state index is -1.15. The molecule has 0 N–H and O–H groups in total. The van der Waals surface area contributed by atoms with Gasteiger partial charge in [0, 0.05) is 64.4 Å². The average molecular weight is 839 g/mol. The Morgan fingerprint density at radius 1 is 0.467 bits per heavy atom. The van der Waals surface area contributed by atoms with Crippen LogP contribution in [0.15, 0.2) is 83.0 Å². The first-order chi connectivity index (χ1) is 29.0. The van der Waals surface area contributed by atoms with Gasteiger partial charge in [0.15, 0.2) is 46.4 Å². The van der Waals surface area contributed by atoms with Gasteiger partial charge in [0.05, 0.1) is 11.1 Å². The highest BCUT2D eigenvalue weighted by atomic mass is 32.1. The number of thiophene rings is 2. The Morgan fingerprint density at radius 2 is 0.800 bits per heavy atom. The number of ketones is 4. The molecule has 2 heterocycles. The van der Waals surface area contributed by atoms with Gasteiger partial charge in [-0.05, 0) is 108 Å². The van der Waals surface area contributed by atoms with Crippen molar-refractivity contribution in [2.45, 2.75) is 75.0 Å². The number of rotatable bonds is 2. The van der Waals surface area contributed by atoms with E-state index in [1.165, 1.54) is 33.4 Å². The minimum Gasteiger partial charge on any atom is -0.288 e. The van der Waals surface area contributed by atoms with Crippen molar-refractivity contribution in [3.63, 3.8) is 0 Å². The summed E-state index contributed by atoms with van der Waals surface area (Å²) in [4.78, 5) is 57.2. The summed E-state index contributed by atoms with van der Waals surface area (Å²) in [6.07, 6.45) is 23.6. The van der Waals surface area contributed by atoms with Crippen LogP contribution in [0.3, 0.4) is 0 Å². The maximum atomic E-state index is 14.1. The molecule has 0 aliphatic heterocycles. The molecule has 4 aromatic rings. The molecule has 0 amide bonds. The number of carbonyl (C=O) groups is 4. The van der Waals surface area contributed by atoms with Crippen LogP contribution in [-0.4, -0.2) is 23.1 Å². The molecule has 0 bridgehead atoms. The lowest BCUT2D eigenvalue weighted by molar-refractivity contribution is 0.0975. The van der Waals surface area contributed by atoms with Crippen molar-refractivity contribution in [1.82, 2.24) is 0 Å². The fourth-order valence-electron chi connectivity index (χ4n) is 11.8. The van der Waals surface area contributed by atoms with E-state index in [1.807, 2.05) is 0 Å². The van der Waals surface area contributed by atoms with Crippen LogP contribution in [0.1, 0.15) is 136 Å². The molecule has 2 unspecified atom stereocenters. The summed E-state index contributed by atoms with van der Waals surface area (Å²) in [6.45, 7) is 0. The zero-order valence-electron chi connectivity index (χ0n) is 32.1. The third kappa shape index (κ3) is 4.83. The number of Topliss-reactive ketones (excluding diaryl/α,β-unsaturated/α-hetero) is 4. The van der Waals surface area contributed by atoms with Crippen LogP contribution in [0.2, 0.25) is 0 Å². The monoisotopic (exact) mass is 838 g/mol. The molecule has 2 saturated carbocycles. The lowest BCUT2D eigenvalue weighted by Crippen LogP contribution is -2.31. The molecule has 4 nitrogen and oxygen atoms in total.